The van der Waals surface area contributed by atoms with Crippen LogP contribution in [0.15, 0.2) is 47.4 Å². The molecule has 2 aromatic rings. The van der Waals surface area contributed by atoms with E-state index in [9.17, 15) is 0 Å². The number of hydrogen-bond donors (Lipinski definition) is 1. The highest BCUT2D eigenvalue weighted by atomic mass is 32.2. The van der Waals surface area contributed by atoms with Gasteiger partial charge in [0.15, 0.2) is 0 Å². The van der Waals surface area contributed by atoms with Gasteiger partial charge in [-0.3, -0.25) is 4.98 Å². The summed E-state index contributed by atoms with van der Waals surface area (Å²) < 4.78 is 5.01. The molecule has 0 bridgehead atoms. The van der Waals surface area contributed by atoms with Crippen LogP contribution in [-0.2, 0) is 17.0 Å². The number of benzene rings is 1. The van der Waals surface area contributed by atoms with Crippen LogP contribution in [-0.4, -0.2) is 25.2 Å². The number of rotatable bonds is 8. The van der Waals surface area contributed by atoms with Crippen molar-refractivity contribution in [3.05, 3.63) is 59.4 Å². The summed E-state index contributed by atoms with van der Waals surface area (Å²) in [6, 6.07) is 14.9. The molecule has 1 N–H and O–H groups in total. The van der Waals surface area contributed by atoms with E-state index in [0.29, 0.717) is 0 Å². The van der Waals surface area contributed by atoms with Crippen LogP contribution < -0.4 is 5.32 Å². The second-order valence-electron chi connectivity index (χ2n) is 4.87. The third-order valence-electron chi connectivity index (χ3n) is 3.07. The van der Waals surface area contributed by atoms with Crippen molar-refractivity contribution in [1.29, 1.82) is 0 Å². The molecule has 0 saturated heterocycles. The highest BCUT2D eigenvalue weighted by Crippen LogP contribution is 2.22. The Morgan fingerprint density at radius 2 is 1.95 bits per heavy atom. The first-order valence-corrected chi connectivity index (χ1v) is 8.10. The molecule has 0 aliphatic heterocycles. The van der Waals surface area contributed by atoms with Gasteiger partial charge in [0.2, 0.25) is 0 Å². The normalized spacial score (nSPS) is 10.8. The Balaban J connectivity index is 1.79. The first-order chi connectivity index (χ1) is 10.3. The minimum Gasteiger partial charge on any atom is -0.383 e. The number of hydrogen-bond acceptors (Lipinski definition) is 4. The van der Waals surface area contributed by atoms with Gasteiger partial charge in [-0.05, 0) is 36.8 Å². The van der Waals surface area contributed by atoms with Gasteiger partial charge >= 0.3 is 0 Å². The fourth-order valence-corrected chi connectivity index (χ4v) is 2.75. The lowest BCUT2D eigenvalue weighted by molar-refractivity contribution is 0.199. The number of aryl methyl sites for hydroxylation is 1. The minimum atomic E-state index is 0.747. The molecule has 3 nitrogen and oxygen atoms in total. The van der Waals surface area contributed by atoms with Crippen LogP contribution in [0.1, 0.15) is 17.0 Å². The Morgan fingerprint density at radius 3 is 2.67 bits per heavy atom. The van der Waals surface area contributed by atoms with Gasteiger partial charge in [-0.2, -0.15) is 0 Å². The molecule has 0 amide bonds. The number of methoxy groups -OCH3 is 1. The van der Waals surface area contributed by atoms with E-state index in [-0.39, 0.29) is 0 Å². The summed E-state index contributed by atoms with van der Waals surface area (Å²) in [6.45, 7) is 4.54. The molecule has 0 radical (unpaired) electrons. The second kappa shape index (κ2) is 8.82. The van der Waals surface area contributed by atoms with Crippen molar-refractivity contribution in [2.75, 3.05) is 20.3 Å². The van der Waals surface area contributed by atoms with Crippen molar-refractivity contribution in [3.63, 3.8) is 0 Å². The minimum absolute atomic E-state index is 0.747. The highest BCUT2D eigenvalue weighted by molar-refractivity contribution is 7.98. The topological polar surface area (TPSA) is 34.1 Å². The van der Waals surface area contributed by atoms with Gasteiger partial charge < -0.3 is 10.1 Å². The van der Waals surface area contributed by atoms with E-state index < -0.39 is 0 Å². The van der Waals surface area contributed by atoms with Crippen molar-refractivity contribution in [1.82, 2.24) is 10.3 Å². The summed E-state index contributed by atoms with van der Waals surface area (Å²) in [4.78, 5) is 5.80. The summed E-state index contributed by atoms with van der Waals surface area (Å²) in [7, 11) is 1.72. The van der Waals surface area contributed by atoms with Crippen molar-refractivity contribution in [3.8, 4) is 0 Å². The average Bonchev–Trinajstić information content (AvgIpc) is 2.51. The molecule has 0 atom stereocenters. The van der Waals surface area contributed by atoms with Crippen LogP contribution in [0, 0.1) is 6.92 Å². The van der Waals surface area contributed by atoms with Crippen LogP contribution in [0.3, 0.4) is 0 Å². The fourth-order valence-electron chi connectivity index (χ4n) is 1.95. The molecule has 112 valence electrons. The standard InChI is InChI=1S/C17H22N2OS/c1-14-4-3-5-16(19-14)13-21-17-8-6-15(7-9-17)12-18-10-11-20-2/h3-9,18H,10-13H2,1-2H3. The number of aromatic nitrogens is 1. The van der Waals surface area contributed by atoms with E-state index in [1.54, 1.807) is 7.11 Å². The van der Waals surface area contributed by atoms with Crippen LogP contribution in [0.4, 0.5) is 0 Å². The van der Waals surface area contributed by atoms with Gasteiger partial charge in [-0.25, -0.2) is 0 Å². The maximum Gasteiger partial charge on any atom is 0.0587 e. The molecule has 0 aliphatic rings. The van der Waals surface area contributed by atoms with Crippen LogP contribution in [0.25, 0.3) is 0 Å². The van der Waals surface area contributed by atoms with Crippen molar-refractivity contribution >= 4 is 11.8 Å². The number of nitrogens with one attached hydrogen (secondary N) is 1. The average molecular weight is 302 g/mol. The van der Waals surface area contributed by atoms with Crippen LogP contribution in [0.2, 0.25) is 0 Å². The molecular weight excluding hydrogens is 280 g/mol. The van der Waals surface area contributed by atoms with Gasteiger partial charge in [0.1, 0.15) is 0 Å². The van der Waals surface area contributed by atoms with Crippen LogP contribution in [0.5, 0.6) is 0 Å². The lowest BCUT2D eigenvalue weighted by atomic mass is 10.2. The van der Waals surface area contributed by atoms with E-state index in [0.717, 1.165) is 36.8 Å². The lowest BCUT2D eigenvalue weighted by Crippen LogP contribution is -2.18. The molecule has 4 heteroatoms. The lowest BCUT2D eigenvalue weighted by Gasteiger charge is -2.06. The molecule has 0 spiro atoms. The molecule has 21 heavy (non-hydrogen) atoms. The Morgan fingerprint density at radius 1 is 1.14 bits per heavy atom. The molecule has 1 heterocycles. The quantitative estimate of drug-likeness (QED) is 0.598. The first kappa shape index (κ1) is 16.0. The second-order valence-corrected chi connectivity index (χ2v) is 5.92. The molecule has 0 unspecified atom stereocenters. The van der Waals surface area contributed by atoms with E-state index in [1.807, 2.05) is 24.8 Å². The summed E-state index contributed by atoms with van der Waals surface area (Å²) in [5, 5.41) is 3.34. The number of pyridine rings is 1. The van der Waals surface area contributed by atoms with Gasteiger partial charge in [-0.1, -0.05) is 18.2 Å². The zero-order chi connectivity index (χ0) is 14.9. The van der Waals surface area contributed by atoms with E-state index >= 15 is 0 Å². The predicted octanol–water partition coefficient (Wildman–Crippen LogP) is 3.42. The third-order valence-corrected chi connectivity index (χ3v) is 4.11. The smallest absolute Gasteiger partial charge is 0.0587 e. The molecular formula is C17H22N2OS. The number of thioether (sulfide) groups is 1. The van der Waals surface area contributed by atoms with E-state index in [4.69, 9.17) is 4.74 Å². The van der Waals surface area contributed by atoms with Gasteiger partial charge in [0.25, 0.3) is 0 Å². The largest absolute Gasteiger partial charge is 0.383 e. The van der Waals surface area contributed by atoms with Crippen molar-refractivity contribution in [2.24, 2.45) is 0 Å². The molecule has 0 aliphatic carbocycles. The van der Waals surface area contributed by atoms with Gasteiger partial charge in [0.05, 0.1) is 12.3 Å². The molecule has 0 fully saturated rings. The number of nitrogens with zero attached hydrogens (tertiary/aromatic N) is 1. The van der Waals surface area contributed by atoms with Crippen molar-refractivity contribution < 1.29 is 4.74 Å². The predicted molar refractivity (Wildman–Crippen MR) is 88.6 cm³/mol. The van der Waals surface area contributed by atoms with E-state index in [1.165, 1.54) is 10.5 Å². The zero-order valence-corrected chi connectivity index (χ0v) is 13.5. The van der Waals surface area contributed by atoms with Crippen LogP contribution >= 0.6 is 11.8 Å². The summed E-state index contributed by atoms with van der Waals surface area (Å²) in [5.74, 6) is 0.910. The van der Waals surface area contributed by atoms with Gasteiger partial charge in [-0.15, -0.1) is 11.8 Å². The monoisotopic (exact) mass is 302 g/mol. The first-order valence-electron chi connectivity index (χ1n) is 7.12. The molecule has 1 aromatic heterocycles. The van der Waals surface area contributed by atoms with Gasteiger partial charge in [0, 0.05) is 36.5 Å². The highest BCUT2D eigenvalue weighted by Gasteiger charge is 1.99. The Labute approximate surface area is 131 Å². The Kier molecular flexibility index (Phi) is 6.73. The molecule has 0 saturated carbocycles. The maximum absolute atomic E-state index is 5.01. The summed E-state index contributed by atoms with van der Waals surface area (Å²) >= 11 is 1.82. The summed E-state index contributed by atoms with van der Waals surface area (Å²) in [5.41, 5.74) is 3.50. The van der Waals surface area contributed by atoms with E-state index in [2.05, 4.69) is 46.7 Å². The fraction of sp³-hybridized carbons (Fsp3) is 0.353. The zero-order valence-electron chi connectivity index (χ0n) is 12.6. The summed E-state index contributed by atoms with van der Waals surface area (Å²) in [6.07, 6.45) is 0. The Bertz CT molecular complexity index is 543. The molecule has 1 aromatic carbocycles. The SMILES string of the molecule is COCCNCc1ccc(SCc2cccc(C)n2)cc1. The Hall–Kier alpha value is -1.36. The molecule has 2 rings (SSSR count). The third kappa shape index (κ3) is 5.87. The van der Waals surface area contributed by atoms with Crippen molar-refractivity contribution in [2.45, 2.75) is 24.1 Å². The number of ether oxygens (including phenoxy) is 1. The maximum atomic E-state index is 5.01.